The molecule has 1 aliphatic rings. The van der Waals surface area contributed by atoms with Crippen LogP contribution in [-0.4, -0.2) is 37.1 Å². The van der Waals surface area contributed by atoms with Crippen molar-refractivity contribution in [2.75, 3.05) is 13.7 Å². The van der Waals surface area contributed by atoms with E-state index in [2.05, 4.69) is 5.32 Å². The van der Waals surface area contributed by atoms with Crippen molar-refractivity contribution in [3.63, 3.8) is 0 Å². The van der Waals surface area contributed by atoms with Crippen molar-refractivity contribution >= 4 is 17.8 Å². The predicted octanol–water partition coefficient (Wildman–Crippen LogP) is 1.85. The minimum Gasteiger partial charge on any atom is -0.497 e. The molecule has 0 radical (unpaired) electrons. The van der Waals surface area contributed by atoms with Gasteiger partial charge in [0.15, 0.2) is 0 Å². The van der Waals surface area contributed by atoms with E-state index in [0.717, 1.165) is 5.56 Å². The van der Waals surface area contributed by atoms with Crippen LogP contribution < -0.4 is 10.1 Å². The molecular weight excluding hydrogens is 350 g/mol. The van der Waals surface area contributed by atoms with E-state index in [0.29, 0.717) is 5.75 Å². The zero-order valence-electron chi connectivity index (χ0n) is 14.8. The molecule has 0 aromatic heterocycles. The van der Waals surface area contributed by atoms with Crippen LogP contribution in [0.4, 0.5) is 0 Å². The molecule has 2 aromatic carbocycles. The van der Waals surface area contributed by atoms with Crippen LogP contribution in [0.1, 0.15) is 22.3 Å². The molecule has 1 atom stereocenters. The minimum atomic E-state index is -1.84. The fraction of sp³-hybridized carbons (Fsp3) is 0.250. The molecule has 0 bridgehead atoms. The third-order valence-electron chi connectivity index (χ3n) is 4.30. The summed E-state index contributed by atoms with van der Waals surface area (Å²) in [4.78, 5) is 37.5. The standard InChI is InChI=1S/C20H19NO6/c1-25-16-9-7-15(8-10-16)17(22)21-20(11-12-26-18(20)23)19(24)27-13-14-5-3-2-4-6-14/h2-10H,11-13H2,1H3,(H,21,22)/t20-/m0/s1. The first-order chi connectivity index (χ1) is 13.0. The third-order valence-corrected chi connectivity index (χ3v) is 4.30. The zero-order valence-corrected chi connectivity index (χ0v) is 14.8. The highest BCUT2D eigenvalue weighted by Gasteiger charge is 2.54. The summed E-state index contributed by atoms with van der Waals surface area (Å²) in [7, 11) is 1.52. The minimum absolute atomic E-state index is 0.00684. The number of hydrogen-bond donors (Lipinski definition) is 1. The van der Waals surface area contributed by atoms with Crippen molar-refractivity contribution in [2.24, 2.45) is 0 Å². The van der Waals surface area contributed by atoms with Gasteiger partial charge in [0, 0.05) is 12.0 Å². The Morgan fingerprint density at radius 1 is 1.11 bits per heavy atom. The summed E-state index contributed by atoms with van der Waals surface area (Å²) in [6.07, 6.45) is 0.0152. The monoisotopic (exact) mass is 369 g/mol. The van der Waals surface area contributed by atoms with E-state index in [1.807, 2.05) is 18.2 Å². The highest BCUT2D eigenvalue weighted by atomic mass is 16.6. The highest BCUT2D eigenvalue weighted by molar-refractivity contribution is 6.11. The summed E-state index contributed by atoms with van der Waals surface area (Å²) in [6, 6.07) is 15.4. The van der Waals surface area contributed by atoms with Gasteiger partial charge in [-0.25, -0.2) is 9.59 Å². The SMILES string of the molecule is COc1ccc(C(=O)N[C@@]2(C(=O)OCc3ccccc3)CCOC2=O)cc1. The molecule has 3 rings (SSSR count). The first-order valence-electron chi connectivity index (χ1n) is 8.40. The average Bonchev–Trinajstić information content (AvgIpc) is 3.08. The molecule has 2 aromatic rings. The molecule has 27 heavy (non-hydrogen) atoms. The van der Waals surface area contributed by atoms with Crippen molar-refractivity contribution in [1.82, 2.24) is 5.32 Å². The lowest BCUT2D eigenvalue weighted by atomic mass is 9.97. The number of hydrogen-bond acceptors (Lipinski definition) is 6. The van der Waals surface area contributed by atoms with Crippen LogP contribution in [-0.2, 0) is 25.7 Å². The second-order valence-corrected chi connectivity index (χ2v) is 6.04. The number of nitrogens with one attached hydrogen (secondary N) is 1. The Morgan fingerprint density at radius 2 is 1.81 bits per heavy atom. The highest BCUT2D eigenvalue weighted by Crippen LogP contribution is 2.24. The number of carbonyl (C=O) groups is 3. The summed E-state index contributed by atoms with van der Waals surface area (Å²) in [6.45, 7) is 0.0231. The largest absolute Gasteiger partial charge is 0.497 e. The number of methoxy groups -OCH3 is 1. The van der Waals surface area contributed by atoms with E-state index in [4.69, 9.17) is 14.2 Å². The number of amides is 1. The van der Waals surface area contributed by atoms with E-state index in [1.54, 1.807) is 24.3 Å². The first kappa shape index (κ1) is 18.4. The van der Waals surface area contributed by atoms with Crippen LogP contribution in [0.5, 0.6) is 5.75 Å². The Kier molecular flexibility index (Phi) is 5.40. The van der Waals surface area contributed by atoms with E-state index in [1.165, 1.54) is 19.2 Å². The number of benzene rings is 2. The lowest BCUT2D eigenvalue weighted by molar-refractivity contribution is -0.160. The third kappa shape index (κ3) is 3.92. The lowest BCUT2D eigenvalue weighted by Crippen LogP contribution is -2.58. The fourth-order valence-corrected chi connectivity index (χ4v) is 2.73. The predicted molar refractivity (Wildman–Crippen MR) is 95.0 cm³/mol. The summed E-state index contributed by atoms with van der Waals surface area (Å²) in [5, 5.41) is 2.50. The van der Waals surface area contributed by atoms with E-state index < -0.39 is 23.4 Å². The smallest absolute Gasteiger partial charge is 0.344 e. The molecule has 0 aliphatic carbocycles. The van der Waals surface area contributed by atoms with Crippen LogP contribution in [0.15, 0.2) is 54.6 Å². The second-order valence-electron chi connectivity index (χ2n) is 6.04. The topological polar surface area (TPSA) is 90.9 Å². The van der Waals surface area contributed by atoms with Gasteiger partial charge in [0.2, 0.25) is 5.54 Å². The van der Waals surface area contributed by atoms with Gasteiger partial charge in [-0.3, -0.25) is 4.79 Å². The molecule has 0 spiro atoms. The molecule has 0 unspecified atom stereocenters. The van der Waals surface area contributed by atoms with Gasteiger partial charge in [0.05, 0.1) is 13.7 Å². The van der Waals surface area contributed by atoms with Gasteiger partial charge in [-0.05, 0) is 29.8 Å². The van der Waals surface area contributed by atoms with E-state index in [9.17, 15) is 14.4 Å². The van der Waals surface area contributed by atoms with Gasteiger partial charge < -0.3 is 19.5 Å². The molecule has 1 heterocycles. The van der Waals surface area contributed by atoms with Crippen molar-refractivity contribution in [3.8, 4) is 5.75 Å². The maximum atomic E-state index is 12.7. The summed E-state index contributed by atoms with van der Waals surface area (Å²) in [5.74, 6) is -1.64. The molecule has 140 valence electrons. The van der Waals surface area contributed by atoms with Crippen molar-refractivity contribution in [3.05, 3.63) is 65.7 Å². The summed E-state index contributed by atoms with van der Waals surface area (Å²) >= 11 is 0. The summed E-state index contributed by atoms with van der Waals surface area (Å²) < 4.78 is 15.3. The first-order valence-corrected chi connectivity index (χ1v) is 8.40. The Balaban J connectivity index is 1.75. The van der Waals surface area contributed by atoms with Crippen LogP contribution in [0.2, 0.25) is 0 Å². The number of carbonyl (C=O) groups excluding carboxylic acids is 3. The van der Waals surface area contributed by atoms with Crippen molar-refractivity contribution in [2.45, 2.75) is 18.6 Å². The summed E-state index contributed by atoms with van der Waals surface area (Å²) in [5.41, 5.74) is -0.786. The molecule has 1 aliphatic heterocycles. The van der Waals surface area contributed by atoms with E-state index in [-0.39, 0.29) is 25.2 Å². The molecule has 7 nitrogen and oxygen atoms in total. The zero-order chi connectivity index (χ0) is 19.3. The molecule has 1 amide bonds. The van der Waals surface area contributed by atoms with Crippen LogP contribution >= 0.6 is 0 Å². The number of esters is 2. The lowest BCUT2D eigenvalue weighted by Gasteiger charge is -2.24. The number of rotatable bonds is 6. The van der Waals surface area contributed by atoms with Gasteiger partial charge in [0.1, 0.15) is 12.4 Å². The second kappa shape index (κ2) is 7.90. The van der Waals surface area contributed by atoms with Gasteiger partial charge >= 0.3 is 11.9 Å². The maximum Gasteiger partial charge on any atom is 0.344 e. The van der Waals surface area contributed by atoms with Crippen LogP contribution in [0, 0.1) is 0 Å². The van der Waals surface area contributed by atoms with Crippen molar-refractivity contribution < 1.29 is 28.6 Å². The quantitative estimate of drug-likeness (QED) is 0.617. The number of ether oxygens (including phenoxy) is 3. The Labute approximate surface area is 156 Å². The molecule has 1 N–H and O–H groups in total. The normalized spacial score (nSPS) is 18.5. The molecule has 7 heteroatoms. The maximum absolute atomic E-state index is 12.7. The molecular formula is C20H19NO6. The fourth-order valence-electron chi connectivity index (χ4n) is 2.73. The van der Waals surface area contributed by atoms with Crippen LogP contribution in [0.25, 0.3) is 0 Å². The molecule has 0 saturated carbocycles. The molecule has 1 saturated heterocycles. The average molecular weight is 369 g/mol. The van der Waals surface area contributed by atoms with Gasteiger partial charge in [-0.2, -0.15) is 0 Å². The van der Waals surface area contributed by atoms with Crippen LogP contribution in [0.3, 0.4) is 0 Å². The van der Waals surface area contributed by atoms with Gasteiger partial charge in [-0.15, -0.1) is 0 Å². The van der Waals surface area contributed by atoms with Gasteiger partial charge in [-0.1, -0.05) is 30.3 Å². The Hall–Kier alpha value is -3.35. The molecule has 1 fully saturated rings. The Bertz CT molecular complexity index is 833. The number of cyclic esters (lactones) is 1. The van der Waals surface area contributed by atoms with Crippen molar-refractivity contribution in [1.29, 1.82) is 0 Å². The van der Waals surface area contributed by atoms with Gasteiger partial charge in [0.25, 0.3) is 5.91 Å². The Morgan fingerprint density at radius 3 is 2.41 bits per heavy atom. The van der Waals surface area contributed by atoms with E-state index >= 15 is 0 Å².